The number of rotatable bonds is 5. The highest BCUT2D eigenvalue weighted by Gasteiger charge is 2.32. The number of hydrogen-bond donors (Lipinski definition) is 3. The SMILES string of the molecule is CC(O)(CNC(=O)CC1C(=O)Nc2ccccc21)c1ccsc1. The first-order valence-corrected chi connectivity index (χ1v) is 8.33. The van der Waals surface area contributed by atoms with Gasteiger partial charge >= 0.3 is 0 Å². The van der Waals surface area contributed by atoms with Gasteiger partial charge in [0.15, 0.2) is 0 Å². The minimum atomic E-state index is -1.12. The molecular formula is C17H18N2O3S. The van der Waals surface area contributed by atoms with E-state index in [0.717, 1.165) is 16.8 Å². The summed E-state index contributed by atoms with van der Waals surface area (Å²) in [6.45, 7) is 1.77. The number of fused-ring (bicyclic) bond motifs is 1. The predicted octanol–water partition coefficient (Wildman–Crippen LogP) is 2.20. The van der Waals surface area contributed by atoms with Gasteiger partial charge in [0, 0.05) is 12.1 Å². The Morgan fingerprint density at radius 3 is 2.91 bits per heavy atom. The Morgan fingerprint density at radius 1 is 1.39 bits per heavy atom. The Kier molecular flexibility index (Phi) is 4.19. The molecule has 2 amide bonds. The van der Waals surface area contributed by atoms with Gasteiger partial charge in [0.25, 0.3) is 0 Å². The Labute approximate surface area is 138 Å². The summed E-state index contributed by atoms with van der Waals surface area (Å²) < 4.78 is 0. The number of nitrogens with one attached hydrogen (secondary N) is 2. The zero-order chi connectivity index (χ0) is 16.4. The normalized spacial score (nSPS) is 18.9. The Balaban J connectivity index is 1.61. The third kappa shape index (κ3) is 3.28. The van der Waals surface area contributed by atoms with Crippen molar-refractivity contribution in [3.63, 3.8) is 0 Å². The quantitative estimate of drug-likeness (QED) is 0.786. The fourth-order valence-electron chi connectivity index (χ4n) is 2.68. The summed E-state index contributed by atoms with van der Waals surface area (Å²) >= 11 is 1.49. The van der Waals surface area contributed by atoms with E-state index in [0.29, 0.717) is 0 Å². The highest BCUT2D eigenvalue weighted by atomic mass is 32.1. The van der Waals surface area contributed by atoms with Crippen LogP contribution in [0.2, 0.25) is 0 Å². The van der Waals surface area contributed by atoms with Crippen LogP contribution in [-0.4, -0.2) is 23.5 Å². The molecule has 3 N–H and O–H groups in total. The molecule has 2 heterocycles. The van der Waals surface area contributed by atoms with E-state index in [1.165, 1.54) is 11.3 Å². The number of amides is 2. The van der Waals surface area contributed by atoms with Gasteiger partial charge in [-0.05, 0) is 40.9 Å². The van der Waals surface area contributed by atoms with Crippen LogP contribution in [0, 0.1) is 0 Å². The molecule has 0 aliphatic carbocycles. The molecule has 5 nitrogen and oxygen atoms in total. The molecule has 3 rings (SSSR count). The summed E-state index contributed by atoms with van der Waals surface area (Å²) in [5.74, 6) is -0.888. The summed E-state index contributed by atoms with van der Waals surface area (Å²) in [7, 11) is 0. The largest absolute Gasteiger partial charge is 0.384 e. The van der Waals surface area contributed by atoms with Crippen LogP contribution in [0.4, 0.5) is 5.69 Å². The third-order valence-electron chi connectivity index (χ3n) is 4.07. The number of para-hydroxylation sites is 1. The Hall–Kier alpha value is -2.18. The number of thiophene rings is 1. The molecular weight excluding hydrogens is 312 g/mol. The van der Waals surface area contributed by atoms with E-state index in [-0.39, 0.29) is 24.8 Å². The molecule has 0 fully saturated rings. The smallest absolute Gasteiger partial charge is 0.232 e. The predicted molar refractivity (Wildman–Crippen MR) is 89.3 cm³/mol. The fourth-order valence-corrected chi connectivity index (χ4v) is 3.46. The van der Waals surface area contributed by atoms with Gasteiger partial charge in [-0.15, -0.1) is 0 Å². The molecule has 0 radical (unpaired) electrons. The number of anilines is 1. The van der Waals surface area contributed by atoms with Gasteiger partial charge in [-0.2, -0.15) is 11.3 Å². The van der Waals surface area contributed by atoms with Crippen molar-refractivity contribution in [2.24, 2.45) is 0 Å². The lowest BCUT2D eigenvalue weighted by atomic mass is 9.96. The molecule has 2 unspecified atom stereocenters. The van der Waals surface area contributed by atoms with Crippen molar-refractivity contribution in [1.29, 1.82) is 0 Å². The van der Waals surface area contributed by atoms with Crippen molar-refractivity contribution in [1.82, 2.24) is 5.32 Å². The molecule has 1 aromatic carbocycles. The van der Waals surface area contributed by atoms with Gasteiger partial charge in [0.2, 0.25) is 11.8 Å². The maximum Gasteiger partial charge on any atom is 0.232 e. The second-order valence-corrected chi connectivity index (χ2v) is 6.68. The van der Waals surface area contributed by atoms with Crippen LogP contribution in [0.3, 0.4) is 0 Å². The van der Waals surface area contributed by atoms with Crippen LogP contribution in [0.5, 0.6) is 0 Å². The average Bonchev–Trinajstić information content (AvgIpc) is 3.15. The Morgan fingerprint density at radius 2 is 2.17 bits per heavy atom. The summed E-state index contributed by atoms with van der Waals surface area (Å²) in [4.78, 5) is 24.2. The molecule has 6 heteroatoms. The first kappa shape index (κ1) is 15.7. The number of aliphatic hydroxyl groups is 1. The van der Waals surface area contributed by atoms with Crippen LogP contribution in [0.15, 0.2) is 41.1 Å². The minimum Gasteiger partial charge on any atom is -0.384 e. The van der Waals surface area contributed by atoms with Crippen molar-refractivity contribution < 1.29 is 14.7 Å². The highest BCUT2D eigenvalue weighted by molar-refractivity contribution is 7.08. The second kappa shape index (κ2) is 6.14. The molecule has 1 aliphatic heterocycles. The van der Waals surface area contributed by atoms with Crippen LogP contribution in [0.1, 0.15) is 30.4 Å². The van der Waals surface area contributed by atoms with Gasteiger partial charge in [0.05, 0.1) is 12.5 Å². The molecule has 2 aromatic rings. The first-order chi connectivity index (χ1) is 11.0. The lowest BCUT2D eigenvalue weighted by Crippen LogP contribution is -2.39. The van der Waals surface area contributed by atoms with E-state index in [1.807, 2.05) is 41.1 Å². The zero-order valence-corrected chi connectivity index (χ0v) is 13.5. The van der Waals surface area contributed by atoms with Crippen LogP contribution in [0.25, 0.3) is 0 Å². The molecule has 0 saturated carbocycles. The van der Waals surface area contributed by atoms with Crippen molar-refractivity contribution in [3.8, 4) is 0 Å². The standard InChI is InChI=1S/C17H18N2O3S/c1-17(22,11-6-7-23-9-11)10-18-15(20)8-13-12-4-2-3-5-14(12)19-16(13)21/h2-7,9,13,22H,8,10H2,1H3,(H,18,20)(H,19,21). The van der Waals surface area contributed by atoms with Gasteiger partial charge in [-0.3, -0.25) is 9.59 Å². The maximum atomic E-state index is 12.2. The van der Waals surface area contributed by atoms with Crippen LogP contribution in [-0.2, 0) is 15.2 Å². The van der Waals surface area contributed by atoms with Gasteiger partial charge in [-0.25, -0.2) is 0 Å². The average molecular weight is 330 g/mol. The molecule has 2 atom stereocenters. The summed E-state index contributed by atoms with van der Waals surface area (Å²) in [5.41, 5.74) is 1.26. The lowest BCUT2D eigenvalue weighted by Gasteiger charge is -2.23. The van der Waals surface area contributed by atoms with Crippen molar-refractivity contribution in [3.05, 3.63) is 52.2 Å². The first-order valence-electron chi connectivity index (χ1n) is 7.39. The van der Waals surface area contributed by atoms with Gasteiger partial charge in [0.1, 0.15) is 5.60 Å². The van der Waals surface area contributed by atoms with Crippen molar-refractivity contribution >= 4 is 28.8 Å². The van der Waals surface area contributed by atoms with E-state index in [1.54, 1.807) is 6.92 Å². The number of hydrogen-bond acceptors (Lipinski definition) is 4. The van der Waals surface area contributed by atoms with Crippen molar-refractivity contribution in [2.75, 3.05) is 11.9 Å². The highest BCUT2D eigenvalue weighted by Crippen LogP contribution is 2.34. The van der Waals surface area contributed by atoms with Crippen molar-refractivity contribution in [2.45, 2.75) is 24.9 Å². The summed E-state index contributed by atoms with van der Waals surface area (Å²) in [6, 6.07) is 9.21. The number of benzene rings is 1. The zero-order valence-electron chi connectivity index (χ0n) is 12.7. The summed E-state index contributed by atoms with van der Waals surface area (Å²) in [6.07, 6.45) is 0.0720. The topological polar surface area (TPSA) is 78.4 Å². The van der Waals surface area contributed by atoms with Crippen LogP contribution < -0.4 is 10.6 Å². The molecule has 120 valence electrons. The molecule has 23 heavy (non-hydrogen) atoms. The monoisotopic (exact) mass is 330 g/mol. The van der Waals surface area contributed by atoms with E-state index >= 15 is 0 Å². The van der Waals surface area contributed by atoms with Gasteiger partial charge in [-0.1, -0.05) is 18.2 Å². The minimum absolute atomic E-state index is 0.0720. The number of carbonyl (C=O) groups is 2. The van der Waals surface area contributed by atoms with E-state index in [2.05, 4.69) is 10.6 Å². The van der Waals surface area contributed by atoms with E-state index < -0.39 is 11.5 Å². The number of carbonyl (C=O) groups excluding carboxylic acids is 2. The molecule has 0 bridgehead atoms. The molecule has 0 spiro atoms. The van der Waals surface area contributed by atoms with Crippen LogP contribution >= 0.6 is 11.3 Å². The Bertz CT molecular complexity index is 725. The molecule has 0 saturated heterocycles. The molecule has 1 aromatic heterocycles. The lowest BCUT2D eigenvalue weighted by molar-refractivity contribution is -0.126. The molecule has 1 aliphatic rings. The van der Waals surface area contributed by atoms with E-state index in [4.69, 9.17) is 0 Å². The van der Waals surface area contributed by atoms with Gasteiger partial charge < -0.3 is 15.7 Å². The van der Waals surface area contributed by atoms with E-state index in [9.17, 15) is 14.7 Å². The summed E-state index contributed by atoms with van der Waals surface area (Å²) in [5, 5.41) is 19.6. The fraction of sp³-hybridized carbons (Fsp3) is 0.294. The maximum absolute atomic E-state index is 12.2. The second-order valence-electron chi connectivity index (χ2n) is 5.90. The third-order valence-corrected chi connectivity index (χ3v) is 4.76.